The number of ether oxygens (including phenoxy) is 1. The predicted molar refractivity (Wildman–Crippen MR) is 73.9 cm³/mol. The van der Waals surface area contributed by atoms with E-state index in [1.807, 2.05) is 19.0 Å². The number of hydrogen-bond donors (Lipinski definition) is 6. The third-order valence-electron chi connectivity index (χ3n) is 4.42. The van der Waals surface area contributed by atoms with Crippen LogP contribution < -0.4 is 16.0 Å². The van der Waals surface area contributed by atoms with Gasteiger partial charge in [-0.25, -0.2) is 4.90 Å². The summed E-state index contributed by atoms with van der Waals surface area (Å²) in [4.78, 5) is 15.7. The standard InChI is InChI=1S/C12H23N5O5/c1-16(2)12-14-9-6(10(21)15-12)13-4-17(9)11-8(20)7(19)5(3-18)22-11/h5-9,11-14,18-20H,3-4H2,1-2H3,(H,15,21)/t5-,6?,7-,8-,9?,11-,12?/m1/s1. The van der Waals surface area contributed by atoms with Crippen LogP contribution in [-0.4, -0.2) is 101 Å². The Morgan fingerprint density at radius 1 is 1.36 bits per heavy atom. The molecule has 3 aliphatic rings. The smallest absolute Gasteiger partial charge is 0.242 e. The summed E-state index contributed by atoms with van der Waals surface area (Å²) in [6.07, 6.45) is -4.66. The van der Waals surface area contributed by atoms with E-state index < -0.39 is 30.6 Å². The third-order valence-corrected chi connectivity index (χ3v) is 4.42. The van der Waals surface area contributed by atoms with Crippen molar-refractivity contribution in [1.29, 1.82) is 0 Å². The molecule has 0 aromatic heterocycles. The molecular weight excluding hydrogens is 294 g/mol. The first-order valence-corrected chi connectivity index (χ1v) is 7.28. The van der Waals surface area contributed by atoms with Crippen molar-refractivity contribution in [1.82, 2.24) is 25.8 Å². The van der Waals surface area contributed by atoms with Crippen LogP contribution in [-0.2, 0) is 9.53 Å². The van der Waals surface area contributed by atoms with Gasteiger partial charge in [-0.2, -0.15) is 0 Å². The summed E-state index contributed by atoms with van der Waals surface area (Å²) in [5.74, 6) is -0.142. The van der Waals surface area contributed by atoms with E-state index in [4.69, 9.17) is 4.74 Å². The van der Waals surface area contributed by atoms with Crippen LogP contribution in [0, 0.1) is 0 Å². The Morgan fingerprint density at radius 3 is 2.68 bits per heavy atom. The van der Waals surface area contributed by atoms with E-state index in [1.165, 1.54) is 0 Å². The molecule has 0 aromatic rings. The molecule has 0 saturated carbocycles. The molecule has 1 amide bonds. The van der Waals surface area contributed by atoms with Crippen molar-refractivity contribution in [2.45, 2.75) is 43.0 Å². The molecule has 0 bridgehead atoms. The van der Waals surface area contributed by atoms with Crippen LogP contribution in [0.15, 0.2) is 0 Å². The molecular formula is C12H23N5O5. The molecule has 3 fully saturated rings. The molecule has 3 rings (SSSR count). The molecule has 3 aliphatic heterocycles. The van der Waals surface area contributed by atoms with Crippen LogP contribution in [0.25, 0.3) is 0 Å². The van der Waals surface area contributed by atoms with Crippen molar-refractivity contribution >= 4 is 5.91 Å². The highest BCUT2D eigenvalue weighted by Crippen LogP contribution is 2.28. The van der Waals surface area contributed by atoms with Crippen molar-refractivity contribution < 1.29 is 24.9 Å². The summed E-state index contributed by atoms with van der Waals surface area (Å²) in [7, 11) is 3.66. The minimum atomic E-state index is -1.16. The van der Waals surface area contributed by atoms with E-state index in [0.29, 0.717) is 6.67 Å². The maximum Gasteiger partial charge on any atom is 0.242 e. The SMILES string of the molecule is CN(C)C1NC(=O)C2NCN([C@@H]3O[C@H](CO)[C@@H](O)[C@H]3O)C2N1. The topological polar surface area (TPSA) is 130 Å². The molecule has 10 nitrogen and oxygen atoms in total. The quantitative estimate of drug-likeness (QED) is 0.305. The van der Waals surface area contributed by atoms with E-state index in [-0.39, 0.29) is 25.0 Å². The van der Waals surface area contributed by atoms with Crippen LogP contribution in [0.4, 0.5) is 0 Å². The van der Waals surface area contributed by atoms with Gasteiger partial charge in [-0.05, 0) is 14.1 Å². The van der Waals surface area contributed by atoms with Crippen molar-refractivity contribution in [2.24, 2.45) is 0 Å². The number of carbonyl (C=O) groups excluding carboxylic acids is 1. The molecule has 6 N–H and O–H groups in total. The van der Waals surface area contributed by atoms with Crippen molar-refractivity contribution in [3.8, 4) is 0 Å². The number of hydrogen-bond acceptors (Lipinski definition) is 9. The lowest BCUT2D eigenvalue weighted by atomic mass is 10.1. The number of rotatable bonds is 3. The van der Waals surface area contributed by atoms with Gasteiger partial charge < -0.3 is 25.4 Å². The van der Waals surface area contributed by atoms with Gasteiger partial charge in [0.2, 0.25) is 5.91 Å². The number of aliphatic hydroxyl groups is 3. The van der Waals surface area contributed by atoms with E-state index in [1.54, 1.807) is 4.90 Å². The molecule has 3 saturated heterocycles. The van der Waals surface area contributed by atoms with Gasteiger partial charge in [-0.15, -0.1) is 0 Å². The Balaban J connectivity index is 1.76. The van der Waals surface area contributed by atoms with Gasteiger partial charge in [0.1, 0.15) is 36.9 Å². The Labute approximate surface area is 128 Å². The van der Waals surface area contributed by atoms with Crippen LogP contribution in [0.5, 0.6) is 0 Å². The van der Waals surface area contributed by atoms with Crippen molar-refractivity contribution in [3.05, 3.63) is 0 Å². The largest absolute Gasteiger partial charge is 0.394 e. The van der Waals surface area contributed by atoms with Gasteiger partial charge in [-0.1, -0.05) is 0 Å². The summed E-state index contributed by atoms with van der Waals surface area (Å²) in [5, 5.41) is 38.4. The lowest BCUT2D eigenvalue weighted by Crippen LogP contribution is -2.71. The summed E-state index contributed by atoms with van der Waals surface area (Å²) in [6, 6.07) is -0.475. The minimum Gasteiger partial charge on any atom is -0.394 e. The van der Waals surface area contributed by atoms with Gasteiger partial charge in [0.15, 0.2) is 0 Å². The number of fused-ring (bicyclic) bond motifs is 1. The number of amides is 1. The van der Waals surface area contributed by atoms with E-state index in [0.717, 1.165) is 0 Å². The summed E-state index contributed by atoms with van der Waals surface area (Å²) >= 11 is 0. The molecule has 0 radical (unpaired) electrons. The fraction of sp³-hybridized carbons (Fsp3) is 0.917. The maximum absolute atomic E-state index is 12.2. The summed E-state index contributed by atoms with van der Waals surface area (Å²) in [5.41, 5.74) is 0. The highest BCUT2D eigenvalue weighted by atomic mass is 16.6. The van der Waals surface area contributed by atoms with Gasteiger partial charge in [0.25, 0.3) is 0 Å². The molecule has 7 atom stereocenters. The number of nitrogens with zero attached hydrogens (tertiary/aromatic N) is 2. The molecule has 3 heterocycles. The van der Waals surface area contributed by atoms with Crippen LogP contribution in [0.3, 0.4) is 0 Å². The number of aliphatic hydroxyl groups excluding tert-OH is 3. The van der Waals surface area contributed by atoms with Gasteiger partial charge in [-0.3, -0.25) is 20.3 Å². The van der Waals surface area contributed by atoms with Gasteiger partial charge in [0, 0.05) is 0 Å². The second kappa shape index (κ2) is 5.98. The zero-order valence-electron chi connectivity index (χ0n) is 12.5. The lowest BCUT2D eigenvalue weighted by Gasteiger charge is -2.41. The monoisotopic (exact) mass is 317 g/mol. The van der Waals surface area contributed by atoms with Crippen LogP contribution in [0.1, 0.15) is 0 Å². The predicted octanol–water partition coefficient (Wildman–Crippen LogP) is -4.45. The van der Waals surface area contributed by atoms with E-state index >= 15 is 0 Å². The normalized spacial score (nSPS) is 46.1. The first-order valence-electron chi connectivity index (χ1n) is 7.28. The first kappa shape index (κ1) is 16.0. The Bertz CT molecular complexity index is 438. The van der Waals surface area contributed by atoms with Crippen LogP contribution >= 0.6 is 0 Å². The van der Waals surface area contributed by atoms with Crippen LogP contribution in [0.2, 0.25) is 0 Å². The second-order valence-corrected chi connectivity index (χ2v) is 6.07. The fourth-order valence-electron chi connectivity index (χ4n) is 3.14. The maximum atomic E-state index is 12.2. The minimum absolute atomic E-state index is 0.142. The second-order valence-electron chi connectivity index (χ2n) is 6.07. The zero-order chi connectivity index (χ0) is 16.0. The molecule has 126 valence electrons. The molecule has 0 spiro atoms. The van der Waals surface area contributed by atoms with E-state index in [9.17, 15) is 20.1 Å². The molecule has 10 heteroatoms. The number of nitrogens with one attached hydrogen (secondary N) is 3. The van der Waals surface area contributed by atoms with Crippen molar-refractivity contribution in [2.75, 3.05) is 27.4 Å². The van der Waals surface area contributed by atoms with Crippen molar-refractivity contribution in [3.63, 3.8) is 0 Å². The van der Waals surface area contributed by atoms with E-state index in [2.05, 4.69) is 16.0 Å². The summed E-state index contributed by atoms with van der Waals surface area (Å²) < 4.78 is 5.55. The zero-order valence-corrected chi connectivity index (χ0v) is 12.5. The van der Waals surface area contributed by atoms with Gasteiger partial charge in [0.05, 0.1) is 19.4 Å². The first-order chi connectivity index (χ1) is 10.4. The number of carbonyl (C=O) groups is 1. The molecule has 3 unspecified atom stereocenters. The average Bonchev–Trinajstić information content (AvgIpc) is 3.02. The fourth-order valence-corrected chi connectivity index (χ4v) is 3.14. The molecule has 0 aliphatic carbocycles. The lowest BCUT2D eigenvalue weighted by molar-refractivity contribution is -0.136. The third kappa shape index (κ3) is 2.51. The van der Waals surface area contributed by atoms with Gasteiger partial charge >= 0.3 is 0 Å². The highest BCUT2D eigenvalue weighted by Gasteiger charge is 2.52. The molecule has 22 heavy (non-hydrogen) atoms. The Hall–Kier alpha value is -0.850. The average molecular weight is 317 g/mol. The Morgan fingerprint density at radius 2 is 2.09 bits per heavy atom. The molecule has 0 aromatic carbocycles. The summed E-state index contributed by atoms with van der Waals surface area (Å²) in [6.45, 7) is -0.0547. The Kier molecular flexibility index (Phi) is 4.36. The highest BCUT2D eigenvalue weighted by molar-refractivity contribution is 5.84.